The van der Waals surface area contributed by atoms with Gasteiger partial charge in [-0.05, 0) is 73.3 Å². The molecule has 248 valence electrons. The van der Waals surface area contributed by atoms with Gasteiger partial charge in [0, 0.05) is 19.8 Å². The SMILES string of the molecule is CCC(CC)(c1ccc(=Nc2ncc(C(F)(F)F)c(Nc3ccc(C4CCC(O)CC4)c4c3C(=O)N(C)C4)n2)n(O)c1)P(=O)(O)O. The lowest BCUT2D eigenvalue weighted by atomic mass is 9.80. The Labute approximate surface area is 262 Å². The van der Waals surface area contributed by atoms with E-state index in [-0.39, 0.29) is 53.1 Å². The minimum absolute atomic E-state index is 0.0775. The van der Waals surface area contributed by atoms with Gasteiger partial charge in [-0.1, -0.05) is 26.0 Å². The summed E-state index contributed by atoms with van der Waals surface area (Å²) < 4.78 is 55.1. The number of aliphatic hydroxyl groups is 1. The number of nitrogens with zero attached hydrogens (tertiary/aromatic N) is 5. The summed E-state index contributed by atoms with van der Waals surface area (Å²) in [5.41, 5.74) is 0.783. The number of aliphatic hydroxyl groups excluding tert-OH is 1. The second-order valence-corrected chi connectivity index (χ2v) is 13.7. The van der Waals surface area contributed by atoms with Gasteiger partial charge in [0.25, 0.3) is 11.9 Å². The van der Waals surface area contributed by atoms with Crippen LogP contribution < -0.4 is 10.8 Å². The lowest BCUT2D eigenvalue weighted by Crippen LogP contribution is -2.28. The second-order valence-electron chi connectivity index (χ2n) is 11.8. The van der Waals surface area contributed by atoms with Crippen LogP contribution in [0.1, 0.15) is 90.9 Å². The number of nitrogens with one attached hydrogen (secondary N) is 1. The molecule has 12 nitrogen and oxygen atoms in total. The van der Waals surface area contributed by atoms with Crippen LogP contribution in [0.2, 0.25) is 0 Å². The maximum atomic E-state index is 14.1. The van der Waals surface area contributed by atoms with Crippen molar-refractivity contribution in [2.24, 2.45) is 4.99 Å². The van der Waals surface area contributed by atoms with Gasteiger partial charge in [-0.25, -0.2) is 4.98 Å². The first kappa shape index (κ1) is 33.6. The zero-order valence-corrected chi connectivity index (χ0v) is 26.4. The van der Waals surface area contributed by atoms with Crippen LogP contribution in [0.15, 0.2) is 41.7 Å². The van der Waals surface area contributed by atoms with Gasteiger partial charge in [0.2, 0.25) is 0 Å². The number of hydrogen-bond donors (Lipinski definition) is 5. The fourth-order valence-corrected chi connectivity index (χ4v) is 7.79. The van der Waals surface area contributed by atoms with Crippen LogP contribution in [-0.2, 0) is 22.4 Å². The standard InChI is InChI=1S/C30H36F3N6O6P/c1-4-29(5-2,46(43,44)45)18-8-13-24(39(42)15-18)36-28-34-14-22(30(31,32)33)26(37-28)35-23-12-11-20(17-6-9-19(40)10-7-17)21-16-38(3)27(41)25(21)23/h8,11-15,17,19,40,42H,4-7,9-10,16H2,1-3H3,(H,34,35,37)(H2,43,44,45). The third-order valence-corrected chi connectivity index (χ3v) is 11.2. The molecule has 5 N–H and O–H groups in total. The van der Waals surface area contributed by atoms with Crippen molar-refractivity contribution >= 4 is 31.0 Å². The minimum Gasteiger partial charge on any atom is -0.427 e. The van der Waals surface area contributed by atoms with Gasteiger partial charge in [-0.15, -0.1) is 0 Å². The summed E-state index contributed by atoms with van der Waals surface area (Å²) in [5, 5.41) is 21.7. The molecule has 5 rings (SSSR count). The highest BCUT2D eigenvalue weighted by Gasteiger charge is 2.45. The first-order valence-corrected chi connectivity index (χ1v) is 16.5. The number of pyridine rings is 1. The first-order chi connectivity index (χ1) is 21.6. The van der Waals surface area contributed by atoms with E-state index in [0.29, 0.717) is 30.3 Å². The summed E-state index contributed by atoms with van der Waals surface area (Å²) in [4.78, 5) is 46.6. The molecule has 0 radical (unpaired) electrons. The number of alkyl halides is 3. The Morgan fingerprint density at radius 2 is 1.76 bits per heavy atom. The second kappa shape index (κ2) is 12.4. The molecule has 1 amide bonds. The average molecular weight is 665 g/mol. The first-order valence-electron chi connectivity index (χ1n) is 14.9. The molecule has 0 spiro atoms. The molecule has 2 aromatic heterocycles. The zero-order valence-electron chi connectivity index (χ0n) is 25.5. The van der Waals surface area contributed by atoms with Gasteiger partial charge < -0.3 is 30.3 Å². The smallest absolute Gasteiger partial charge is 0.421 e. The van der Waals surface area contributed by atoms with Crippen LogP contribution >= 0.6 is 7.60 Å². The van der Waals surface area contributed by atoms with E-state index < -0.39 is 36.3 Å². The predicted molar refractivity (Wildman–Crippen MR) is 161 cm³/mol. The van der Waals surface area contributed by atoms with Crippen molar-refractivity contribution in [1.29, 1.82) is 0 Å². The third-order valence-electron chi connectivity index (χ3n) is 9.16. The summed E-state index contributed by atoms with van der Waals surface area (Å²) in [5.74, 6) is -1.35. The maximum Gasteiger partial charge on any atom is 0.421 e. The van der Waals surface area contributed by atoms with Crippen molar-refractivity contribution in [3.63, 3.8) is 0 Å². The molecule has 1 aromatic carbocycles. The highest BCUT2D eigenvalue weighted by Crippen LogP contribution is 2.60. The Hall–Kier alpha value is -3.78. The van der Waals surface area contributed by atoms with Crippen molar-refractivity contribution in [1.82, 2.24) is 19.6 Å². The molecule has 0 atom stereocenters. The van der Waals surface area contributed by atoms with Crippen LogP contribution in [-0.4, -0.2) is 58.8 Å². The van der Waals surface area contributed by atoms with Crippen molar-refractivity contribution in [2.75, 3.05) is 12.4 Å². The summed E-state index contributed by atoms with van der Waals surface area (Å²) in [7, 11) is -3.04. The average Bonchev–Trinajstić information content (AvgIpc) is 3.29. The molecule has 2 aliphatic rings. The Balaban J connectivity index is 1.56. The Bertz CT molecular complexity index is 1760. The van der Waals surface area contributed by atoms with E-state index in [2.05, 4.69) is 20.3 Å². The van der Waals surface area contributed by atoms with Crippen LogP contribution in [0.5, 0.6) is 0 Å². The molecule has 46 heavy (non-hydrogen) atoms. The molecular formula is C30H36F3N6O6P. The molecule has 1 aliphatic carbocycles. The fourth-order valence-electron chi connectivity index (χ4n) is 6.49. The summed E-state index contributed by atoms with van der Waals surface area (Å²) >= 11 is 0. The van der Waals surface area contributed by atoms with Crippen LogP contribution in [0.25, 0.3) is 0 Å². The molecule has 0 saturated heterocycles. The molecular weight excluding hydrogens is 628 g/mol. The highest BCUT2D eigenvalue weighted by molar-refractivity contribution is 7.53. The van der Waals surface area contributed by atoms with Crippen LogP contribution in [0.3, 0.4) is 0 Å². The number of fused-ring (bicyclic) bond motifs is 1. The number of rotatable bonds is 8. The van der Waals surface area contributed by atoms with Crippen molar-refractivity contribution in [2.45, 2.75) is 82.3 Å². The summed E-state index contributed by atoms with van der Waals surface area (Å²) in [6.45, 7) is 3.52. The van der Waals surface area contributed by atoms with E-state index in [0.717, 1.165) is 30.2 Å². The van der Waals surface area contributed by atoms with Gasteiger partial charge in [0.15, 0.2) is 5.49 Å². The molecule has 3 heterocycles. The summed E-state index contributed by atoms with van der Waals surface area (Å²) in [6.07, 6.45) is -0.714. The van der Waals surface area contributed by atoms with Crippen molar-refractivity contribution in [3.8, 4) is 0 Å². The monoisotopic (exact) mass is 664 g/mol. The van der Waals surface area contributed by atoms with Gasteiger partial charge in [0.1, 0.15) is 11.4 Å². The number of halogens is 3. The number of anilines is 2. The molecule has 1 fully saturated rings. The van der Waals surface area contributed by atoms with E-state index in [1.165, 1.54) is 17.0 Å². The van der Waals surface area contributed by atoms with Gasteiger partial charge in [-0.3, -0.25) is 9.36 Å². The molecule has 1 aliphatic heterocycles. The largest absolute Gasteiger partial charge is 0.427 e. The fraction of sp³-hybridized carbons (Fsp3) is 0.467. The Morgan fingerprint density at radius 1 is 1.09 bits per heavy atom. The maximum absolute atomic E-state index is 14.1. The van der Waals surface area contributed by atoms with Gasteiger partial charge >= 0.3 is 13.8 Å². The van der Waals surface area contributed by atoms with Crippen LogP contribution in [0, 0.1) is 0 Å². The molecule has 0 bridgehead atoms. The van der Waals surface area contributed by atoms with Crippen molar-refractivity contribution < 1.29 is 42.6 Å². The lowest BCUT2D eigenvalue weighted by Gasteiger charge is -2.32. The van der Waals surface area contributed by atoms with Gasteiger partial charge in [0.05, 0.1) is 28.7 Å². The zero-order chi connectivity index (χ0) is 33.6. The number of hydrogen-bond acceptors (Lipinski definition) is 8. The number of amides is 1. The molecule has 3 aromatic rings. The van der Waals surface area contributed by atoms with E-state index >= 15 is 0 Å². The molecule has 1 saturated carbocycles. The summed E-state index contributed by atoms with van der Waals surface area (Å²) in [6, 6.07) is 5.99. The number of carbonyl (C=O) groups excluding carboxylic acids is 1. The number of carbonyl (C=O) groups is 1. The third kappa shape index (κ3) is 6.16. The Kier molecular flexibility index (Phi) is 9.08. The number of benzene rings is 1. The topological polar surface area (TPSA) is 173 Å². The predicted octanol–water partition coefficient (Wildman–Crippen LogP) is 5.31. The van der Waals surface area contributed by atoms with E-state index in [1.807, 2.05) is 0 Å². The van der Waals surface area contributed by atoms with E-state index in [4.69, 9.17) is 0 Å². The Morgan fingerprint density at radius 3 is 2.35 bits per heavy atom. The normalized spacial score (nSPS) is 19.5. The quantitative estimate of drug-likeness (QED) is 0.158. The van der Waals surface area contributed by atoms with Crippen molar-refractivity contribution in [3.05, 3.63) is 70.0 Å². The van der Waals surface area contributed by atoms with Gasteiger partial charge in [-0.2, -0.15) is 27.9 Å². The highest BCUT2D eigenvalue weighted by atomic mass is 31.2. The minimum atomic E-state index is -4.86. The molecule has 0 unspecified atom stereocenters. The number of aromatic nitrogens is 3. The van der Waals surface area contributed by atoms with Crippen LogP contribution in [0.4, 0.5) is 30.6 Å². The lowest BCUT2D eigenvalue weighted by molar-refractivity contribution is -0.137. The molecule has 16 heteroatoms. The van der Waals surface area contributed by atoms with E-state index in [9.17, 15) is 42.6 Å². The van der Waals surface area contributed by atoms with E-state index in [1.54, 1.807) is 33.0 Å².